The molecule has 1 aliphatic rings. The van der Waals surface area contributed by atoms with Crippen molar-refractivity contribution in [3.63, 3.8) is 0 Å². The Morgan fingerprint density at radius 2 is 1.43 bits per heavy atom. The summed E-state index contributed by atoms with van der Waals surface area (Å²) >= 11 is 0. The van der Waals surface area contributed by atoms with Crippen LogP contribution >= 0.6 is 0 Å². The molecule has 1 amide bonds. The molecule has 0 N–H and O–H groups in total. The lowest BCUT2D eigenvalue weighted by Gasteiger charge is -2.29. The summed E-state index contributed by atoms with van der Waals surface area (Å²) in [4.78, 5) is 16.8. The van der Waals surface area contributed by atoms with Crippen molar-refractivity contribution in [1.82, 2.24) is 4.90 Å². The molecule has 4 heteroatoms. The Labute approximate surface area is 178 Å². The molecule has 0 spiro atoms. The molecule has 0 atom stereocenters. The lowest BCUT2D eigenvalue weighted by molar-refractivity contribution is -0.129. The number of amides is 1. The van der Waals surface area contributed by atoms with E-state index in [1.807, 2.05) is 37.4 Å². The molecule has 3 aromatic rings. The quantitative estimate of drug-likeness (QED) is 0.615. The van der Waals surface area contributed by atoms with Crippen LogP contribution in [0.1, 0.15) is 11.1 Å². The monoisotopic (exact) mass is 400 g/mol. The molecule has 1 aliphatic heterocycles. The second kappa shape index (κ2) is 9.59. The van der Waals surface area contributed by atoms with Crippen molar-refractivity contribution in [2.24, 2.45) is 0 Å². The number of anilines is 1. The van der Waals surface area contributed by atoms with Gasteiger partial charge < -0.3 is 14.5 Å². The normalized spacial score (nSPS) is 13.8. The summed E-state index contributed by atoms with van der Waals surface area (Å²) in [5, 5.41) is 0. The summed E-state index contributed by atoms with van der Waals surface area (Å²) in [6.45, 7) is 4.04. The number of likely N-dealkylation sites (N-methyl/N-ethyl adjacent to an activating group) is 1. The molecule has 4 rings (SSSR count). The molecule has 0 bridgehead atoms. The van der Waals surface area contributed by atoms with Crippen molar-refractivity contribution in [3.8, 4) is 11.1 Å². The van der Waals surface area contributed by atoms with Crippen LogP contribution in [0.3, 0.4) is 0 Å². The largest absolute Gasteiger partial charge is 0.378 e. The van der Waals surface area contributed by atoms with E-state index in [0.29, 0.717) is 13.0 Å². The van der Waals surface area contributed by atoms with E-state index in [1.165, 1.54) is 16.8 Å². The van der Waals surface area contributed by atoms with Crippen LogP contribution in [0.4, 0.5) is 5.69 Å². The molecule has 0 saturated carbocycles. The van der Waals surface area contributed by atoms with Gasteiger partial charge in [-0.15, -0.1) is 0 Å². The highest BCUT2D eigenvalue weighted by atomic mass is 16.5. The molecule has 1 saturated heterocycles. The standard InChI is InChI=1S/C26H28N2O2/c1-27(20-22-9-13-25(14-10-22)28-15-17-30-18-16-28)26(29)19-21-7-11-24(12-8-21)23-5-3-2-4-6-23/h2-14H,15-20H2,1H3. The van der Waals surface area contributed by atoms with E-state index < -0.39 is 0 Å². The molecule has 30 heavy (non-hydrogen) atoms. The number of benzene rings is 3. The van der Waals surface area contributed by atoms with Gasteiger partial charge in [0, 0.05) is 32.4 Å². The average molecular weight is 401 g/mol. The van der Waals surface area contributed by atoms with Crippen LogP contribution in [0.2, 0.25) is 0 Å². The van der Waals surface area contributed by atoms with Crippen LogP contribution in [0.15, 0.2) is 78.9 Å². The zero-order valence-corrected chi connectivity index (χ0v) is 17.5. The van der Waals surface area contributed by atoms with Crippen LogP contribution in [-0.2, 0) is 22.5 Å². The van der Waals surface area contributed by atoms with Gasteiger partial charge in [0.15, 0.2) is 0 Å². The van der Waals surface area contributed by atoms with E-state index in [1.54, 1.807) is 4.90 Å². The summed E-state index contributed by atoms with van der Waals surface area (Å²) in [5.41, 5.74) is 5.75. The number of hydrogen-bond donors (Lipinski definition) is 0. The summed E-state index contributed by atoms with van der Waals surface area (Å²) in [5.74, 6) is 0.125. The molecule has 0 unspecified atom stereocenters. The number of nitrogens with zero attached hydrogens (tertiary/aromatic N) is 2. The topological polar surface area (TPSA) is 32.8 Å². The van der Waals surface area contributed by atoms with Gasteiger partial charge in [-0.1, -0.05) is 66.7 Å². The van der Waals surface area contributed by atoms with Gasteiger partial charge in [-0.3, -0.25) is 4.79 Å². The minimum Gasteiger partial charge on any atom is -0.378 e. The minimum atomic E-state index is 0.125. The van der Waals surface area contributed by atoms with Crippen LogP contribution in [0.25, 0.3) is 11.1 Å². The van der Waals surface area contributed by atoms with Crippen LogP contribution in [-0.4, -0.2) is 44.2 Å². The smallest absolute Gasteiger partial charge is 0.227 e. The van der Waals surface area contributed by atoms with Gasteiger partial charge in [0.2, 0.25) is 5.91 Å². The zero-order chi connectivity index (χ0) is 20.8. The molecular formula is C26H28N2O2. The Kier molecular flexibility index (Phi) is 6.45. The van der Waals surface area contributed by atoms with Gasteiger partial charge >= 0.3 is 0 Å². The van der Waals surface area contributed by atoms with Crippen molar-refractivity contribution in [1.29, 1.82) is 0 Å². The van der Waals surface area contributed by atoms with E-state index >= 15 is 0 Å². The first-order chi connectivity index (χ1) is 14.7. The second-order valence-electron chi connectivity index (χ2n) is 7.76. The third-order valence-electron chi connectivity index (χ3n) is 5.57. The van der Waals surface area contributed by atoms with E-state index in [2.05, 4.69) is 53.4 Å². The van der Waals surface area contributed by atoms with E-state index in [9.17, 15) is 4.79 Å². The summed E-state index contributed by atoms with van der Waals surface area (Å²) in [7, 11) is 1.87. The Balaban J connectivity index is 1.32. The average Bonchev–Trinajstić information content (AvgIpc) is 2.81. The number of rotatable bonds is 6. The second-order valence-corrected chi connectivity index (χ2v) is 7.76. The van der Waals surface area contributed by atoms with Crippen LogP contribution in [0, 0.1) is 0 Å². The molecule has 1 fully saturated rings. The predicted octanol–water partition coefficient (Wildman–Crippen LogP) is 4.39. The van der Waals surface area contributed by atoms with Gasteiger partial charge in [0.25, 0.3) is 0 Å². The predicted molar refractivity (Wildman–Crippen MR) is 122 cm³/mol. The minimum absolute atomic E-state index is 0.125. The van der Waals surface area contributed by atoms with Gasteiger partial charge in [-0.05, 0) is 34.4 Å². The first-order valence-corrected chi connectivity index (χ1v) is 10.5. The fraction of sp³-hybridized carbons (Fsp3) is 0.269. The highest BCUT2D eigenvalue weighted by Crippen LogP contribution is 2.20. The zero-order valence-electron chi connectivity index (χ0n) is 17.5. The summed E-state index contributed by atoms with van der Waals surface area (Å²) < 4.78 is 5.42. The number of ether oxygens (including phenoxy) is 1. The number of morpholine rings is 1. The van der Waals surface area contributed by atoms with E-state index in [0.717, 1.165) is 37.4 Å². The van der Waals surface area contributed by atoms with E-state index in [-0.39, 0.29) is 5.91 Å². The van der Waals surface area contributed by atoms with Crippen molar-refractivity contribution < 1.29 is 9.53 Å². The van der Waals surface area contributed by atoms with Crippen molar-refractivity contribution in [3.05, 3.63) is 90.0 Å². The maximum absolute atomic E-state index is 12.7. The van der Waals surface area contributed by atoms with Gasteiger partial charge in [0.05, 0.1) is 19.6 Å². The Bertz CT molecular complexity index is 947. The molecular weight excluding hydrogens is 372 g/mol. The highest BCUT2D eigenvalue weighted by Gasteiger charge is 2.13. The maximum atomic E-state index is 12.7. The molecule has 0 aliphatic carbocycles. The first-order valence-electron chi connectivity index (χ1n) is 10.5. The number of hydrogen-bond acceptors (Lipinski definition) is 3. The lowest BCUT2D eigenvalue weighted by Crippen LogP contribution is -2.36. The van der Waals surface area contributed by atoms with Gasteiger partial charge in [-0.25, -0.2) is 0 Å². The maximum Gasteiger partial charge on any atom is 0.227 e. The van der Waals surface area contributed by atoms with Crippen molar-refractivity contribution >= 4 is 11.6 Å². The van der Waals surface area contributed by atoms with Gasteiger partial charge in [0.1, 0.15) is 0 Å². The van der Waals surface area contributed by atoms with E-state index in [4.69, 9.17) is 4.74 Å². The molecule has 0 radical (unpaired) electrons. The number of carbonyl (C=O) groups excluding carboxylic acids is 1. The fourth-order valence-electron chi connectivity index (χ4n) is 3.75. The van der Waals surface area contributed by atoms with Crippen LogP contribution < -0.4 is 4.90 Å². The Morgan fingerprint density at radius 3 is 2.10 bits per heavy atom. The Morgan fingerprint density at radius 1 is 0.833 bits per heavy atom. The molecule has 154 valence electrons. The molecule has 4 nitrogen and oxygen atoms in total. The Hall–Kier alpha value is -3.11. The van der Waals surface area contributed by atoms with Crippen LogP contribution in [0.5, 0.6) is 0 Å². The molecule has 3 aromatic carbocycles. The molecule has 0 aromatic heterocycles. The first kappa shape index (κ1) is 20.2. The number of carbonyl (C=O) groups is 1. The highest BCUT2D eigenvalue weighted by molar-refractivity contribution is 5.79. The summed E-state index contributed by atoms with van der Waals surface area (Å²) in [6.07, 6.45) is 0.414. The summed E-state index contributed by atoms with van der Waals surface area (Å²) in [6, 6.07) is 27.1. The van der Waals surface area contributed by atoms with Crippen molar-refractivity contribution in [2.75, 3.05) is 38.3 Å². The van der Waals surface area contributed by atoms with Gasteiger partial charge in [-0.2, -0.15) is 0 Å². The fourth-order valence-corrected chi connectivity index (χ4v) is 3.75. The SMILES string of the molecule is CN(Cc1ccc(N2CCOCC2)cc1)C(=O)Cc1ccc(-c2ccccc2)cc1. The third kappa shape index (κ3) is 5.08. The third-order valence-corrected chi connectivity index (χ3v) is 5.57. The lowest BCUT2D eigenvalue weighted by atomic mass is 10.0. The van der Waals surface area contributed by atoms with Crippen molar-refractivity contribution in [2.45, 2.75) is 13.0 Å². The molecule has 1 heterocycles.